The van der Waals surface area contributed by atoms with Crippen LogP contribution in [0.2, 0.25) is 5.02 Å². The van der Waals surface area contributed by atoms with Crippen LogP contribution in [0.3, 0.4) is 0 Å². The molecule has 9 heteroatoms. The zero-order valence-corrected chi connectivity index (χ0v) is 17.2. The molecule has 1 aromatic heterocycles. The number of ketones is 1. The Kier molecular flexibility index (Phi) is 6.36. The standard InChI is InChI=1S/C21H21ClF3N3O2/c1-13(2)18-12-27(16-6-7-19(26-10-16)21(23,24)25)20(30)28(18)11-17(29)9-14-4-3-5-15(22)8-14/h3-8,10,13,18H,9,11-12H2,1-2H3/t18-/m1/s1. The lowest BCUT2D eigenvalue weighted by Crippen LogP contribution is -2.41. The Morgan fingerprint density at radius 1 is 1.27 bits per heavy atom. The number of halogens is 4. The Balaban J connectivity index is 1.75. The fourth-order valence-electron chi connectivity index (χ4n) is 3.47. The minimum Gasteiger partial charge on any atom is -0.312 e. The van der Waals surface area contributed by atoms with E-state index in [2.05, 4.69) is 4.98 Å². The van der Waals surface area contributed by atoms with Gasteiger partial charge < -0.3 is 4.90 Å². The zero-order valence-electron chi connectivity index (χ0n) is 16.5. The van der Waals surface area contributed by atoms with Gasteiger partial charge in [-0.3, -0.25) is 9.69 Å². The van der Waals surface area contributed by atoms with E-state index in [0.29, 0.717) is 5.02 Å². The van der Waals surface area contributed by atoms with Gasteiger partial charge in [0.05, 0.1) is 24.5 Å². The maximum Gasteiger partial charge on any atom is 0.433 e. The van der Waals surface area contributed by atoms with E-state index in [9.17, 15) is 22.8 Å². The van der Waals surface area contributed by atoms with Gasteiger partial charge in [-0.15, -0.1) is 0 Å². The molecular formula is C21H21ClF3N3O2. The molecule has 0 radical (unpaired) electrons. The summed E-state index contributed by atoms with van der Waals surface area (Å²) in [7, 11) is 0. The van der Waals surface area contributed by atoms with E-state index in [1.807, 2.05) is 13.8 Å². The number of hydrogen-bond acceptors (Lipinski definition) is 3. The molecule has 0 unspecified atom stereocenters. The Morgan fingerprint density at radius 3 is 2.57 bits per heavy atom. The average Bonchev–Trinajstić information content (AvgIpc) is 2.98. The lowest BCUT2D eigenvalue weighted by molar-refractivity contribution is -0.141. The van der Waals surface area contributed by atoms with Crippen LogP contribution in [0.25, 0.3) is 0 Å². The summed E-state index contributed by atoms with van der Waals surface area (Å²) in [6, 6.07) is 8.36. The van der Waals surface area contributed by atoms with Crippen LogP contribution >= 0.6 is 11.6 Å². The molecule has 1 aliphatic rings. The first-order valence-corrected chi connectivity index (χ1v) is 9.81. The normalized spacial score (nSPS) is 17.2. The SMILES string of the molecule is CC(C)[C@H]1CN(c2ccc(C(F)(F)F)nc2)C(=O)N1CC(=O)Cc1cccc(Cl)c1. The van der Waals surface area contributed by atoms with Gasteiger partial charge in [0.1, 0.15) is 5.69 Å². The number of urea groups is 1. The first-order valence-electron chi connectivity index (χ1n) is 9.44. The van der Waals surface area contributed by atoms with Crippen molar-refractivity contribution in [1.82, 2.24) is 9.88 Å². The molecular weight excluding hydrogens is 419 g/mol. The maximum atomic E-state index is 13.0. The van der Waals surface area contributed by atoms with Crippen molar-refractivity contribution in [3.8, 4) is 0 Å². The second kappa shape index (κ2) is 8.63. The van der Waals surface area contributed by atoms with E-state index in [0.717, 1.165) is 17.8 Å². The number of rotatable bonds is 6. The van der Waals surface area contributed by atoms with Gasteiger partial charge in [-0.1, -0.05) is 37.6 Å². The number of hydrogen-bond donors (Lipinski definition) is 0. The monoisotopic (exact) mass is 439 g/mol. The number of pyridine rings is 1. The minimum atomic E-state index is -4.55. The fraction of sp³-hybridized carbons (Fsp3) is 0.381. The maximum absolute atomic E-state index is 13.0. The summed E-state index contributed by atoms with van der Waals surface area (Å²) in [5, 5.41) is 0.526. The first kappa shape index (κ1) is 22.1. The molecule has 2 heterocycles. The summed E-state index contributed by atoms with van der Waals surface area (Å²) in [5.41, 5.74) is -0.000611. The Morgan fingerprint density at radius 2 is 2.00 bits per heavy atom. The van der Waals surface area contributed by atoms with E-state index in [4.69, 9.17) is 11.6 Å². The molecule has 30 heavy (non-hydrogen) atoms. The van der Waals surface area contributed by atoms with E-state index in [-0.39, 0.29) is 42.9 Å². The summed E-state index contributed by atoms with van der Waals surface area (Å²) in [4.78, 5) is 31.9. The van der Waals surface area contributed by atoms with Crippen molar-refractivity contribution in [1.29, 1.82) is 0 Å². The molecule has 1 aromatic carbocycles. The van der Waals surface area contributed by atoms with Gasteiger partial charge in [-0.2, -0.15) is 13.2 Å². The molecule has 0 spiro atoms. The molecule has 1 atom stereocenters. The Hall–Kier alpha value is -2.61. The van der Waals surface area contributed by atoms with Crippen molar-refractivity contribution in [3.05, 3.63) is 58.9 Å². The van der Waals surface area contributed by atoms with Crippen LogP contribution in [0, 0.1) is 5.92 Å². The molecule has 0 aliphatic carbocycles. The van der Waals surface area contributed by atoms with Crippen LogP contribution in [0.4, 0.5) is 23.7 Å². The van der Waals surface area contributed by atoms with Crippen molar-refractivity contribution in [2.45, 2.75) is 32.5 Å². The minimum absolute atomic E-state index is 0.0559. The van der Waals surface area contributed by atoms with Crippen LogP contribution in [0.1, 0.15) is 25.1 Å². The predicted molar refractivity (Wildman–Crippen MR) is 107 cm³/mol. The van der Waals surface area contributed by atoms with Crippen LogP contribution in [-0.2, 0) is 17.4 Å². The Labute approximate surface area is 177 Å². The smallest absolute Gasteiger partial charge is 0.312 e. The highest BCUT2D eigenvalue weighted by Gasteiger charge is 2.41. The summed E-state index contributed by atoms with van der Waals surface area (Å²) in [6.45, 7) is 4.05. The number of anilines is 1. The summed E-state index contributed by atoms with van der Waals surface area (Å²) >= 11 is 5.95. The number of Topliss-reactive ketones (excluding diaryl/α,β-unsaturated/α-hetero) is 1. The highest BCUT2D eigenvalue weighted by molar-refractivity contribution is 6.30. The van der Waals surface area contributed by atoms with Crippen molar-refractivity contribution in [2.75, 3.05) is 18.0 Å². The third-order valence-electron chi connectivity index (χ3n) is 5.00. The number of nitrogens with zero attached hydrogens (tertiary/aromatic N) is 3. The van der Waals surface area contributed by atoms with E-state index < -0.39 is 17.9 Å². The quantitative estimate of drug-likeness (QED) is 0.647. The van der Waals surface area contributed by atoms with Crippen molar-refractivity contribution in [3.63, 3.8) is 0 Å². The summed E-state index contributed by atoms with van der Waals surface area (Å²) < 4.78 is 38.3. The topological polar surface area (TPSA) is 53.5 Å². The van der Waals surface area contributed by atoms with Gasteiger partial charge in [0.25, 0.3) is 0 Å². The molecule has 1 fully saturated rings. The van der Waals surface area contributed by atoms with Gasteiger partial charge in [0.15, 0.2) is 5.78 Å². The van der Waals surface area contributed by atoms with Gasteiger partial charge >= 0.3 is 12.2 Å². The van der Waals surface area contributed by atoms with Gasteiger partial charge in [0.2, 0.25) is 0 Å². The Bertz CT molecular complexity index is 932. The summed E-state index contributed by atoms with van der Waals surface area (Å²) in [6.07, 6.45) is -3.38. The molecule has 1 aliphatic heterocycles. The summed E-state index contributed by atoms with van der Waals surface area (Å²) in [5.74, 6) is -0.0935. The lowest BCUT2D eigenvalue weighted by Gasteiger charge is -2.25. The molecule has 0 bridgehead atoms. The van der Waals surface area contributed by atoms with Gasteiger partial charge in [-0.05, 0) is 35.7 Å². The van der Waals surface area contributed by atoms with Crippen LogP contribution in [0.15, 0.2) is 42.6 Å². The highest BCUT2D eigenvalue weighted by atomic mass is 35.5. The number of benzene rings is 1. The van der Waals surface area contributed by atoms with E-state index >= 15 is 0 Å². The zero-order chi connectivity index (χ0) is 22.1. The molecule has 1 saturated heterocycles. The number of amides is 2. The van der Waals surface area contributed by atoms with E-state index in [1.165, 1.54) is 15.9 Å². The van der Waals surface area contributed by atoms with Crippen LogP contribution < -0.4 is 4.90 Å². The molecule has 0 saturated carbocycles. The largest absolute Gasteiger partial charge is 0.433 e. The number of alkyl halides is 3. The second-order valence-electron chi connectivity index (χ2n) is 7.58. The third-order valence-corrected chi connectivity index (χ3v) is 5.24. The van der Waals surface area contributed by atoms with Crippen molar-refractivity contribution in [2.24, 2.45) is 5.92 Å². The predicted octanol–water partition coefficient (Wildman–Crippen LogP) is 4.83. The third kappa shape index (κ3) is 4.92. The lowest BCUT2D eigenvalue weighted by atomic mass is 10.0. The van der Waals surface area contributed by atoms with E-state index in [1.54, 1.807) is 24.3 Å². The van der Waals surface area contributed by atoms with Crippen molar-refractivity contribution < 1.29 is 22.8 Å². The first-order chi connectivity index (χ1) is 14.1. The second-order valence-corrected chi connectivity index (χ2v) is 8.01. The molecule has 160 valence electrons. The molecule has 2 aromatic rings. The molecule has 2 amide bonds. The number of carbonyl (C=O) groups is 2. The van der Waals surface area contributed by atoms with Gasteiger partial charge in [-0.25, -0.2) is 9.78 Å². The van der Waals surface area contributed by atoms with Crippen molar-refractivity contribution >= 4 is 29.1 Å². The van der Waals surface area contributed by atoms with Crippen LogP contribution in [-0.4, -0.2) is 40.8 Å². The van der Waals surface area contributed by atoms with Crippen LogP contribution in [0.5, 0.6) is 0 Å². The molecule has 5 nitrogen and oxygen atoms in total. The highest BCUT2D eigenvalue weighted by Crippen LogP contribution is 2.31. The fourth-order valence-corrected chi connectivity index (χ4v) is 3.68. The number of aromatic nitrogens is 1. The average molecular weight is 440 g/mol. The molecule has 0 N–H and O–H groups in total. The number of carbonyl (C=O) groups excluding carboxylic acids is 2. The molecule has 3 rings (SSSR count). The van der Waals surface area contributed by atoms with Gasteiger partial charge in [0, 0.05) is 18.0 Å².